The third-order valence-corrected chi connectivity index (χ3v) is 6.83. The predicted octanol–water partition coefficient (Wildman–Crippen LogP) is 4.55. The van der Waals surface area contributed by atoms with Gasteiger partial charge in [-0.25, -0.2) is 4.79 Å². The molecule has 2 aromatic carbocycles. The predicted molar refractivity (Wildman–Crippen MR) is 129 cm³/mol. The second kappa shape index (κ2) is 10.7. The number of carboxylic acids is 1. The Bertz CT molecular complexity index is 1010. The second-order valence-electron chi connectivity index (χ2n) is 9.09. The van der Waals surface area contributed by atoms with Gasteiger partial charge in [-0.05, 0) is 47.9 Å². The van der Waals surface area contributed by atoms with Crippen LogP contribution in [0.4, 0.5) is 4.79 Å². The van der Waals surface area contributed by atoms with E-state index in [9.17, 15) is 19.5 Å². The van der Waals surface area contributed by atoms with Crippen molar-refractivity contribution in [2.75, 3.05) is 13.2 Å². The lowest BCUT2D eigenvalue weighted by Gasteiger charge is -2.37. The van der Waals surface area contributed by atoms with E-state index in [1.165, 1.54) is 0 Å². The van der Waals surface area contributed by atoms with E-state index in [1.54, 1.807) is 4.90 Å². The van der Waals surface area contributed by atoms with Crippen LogP contribution in [0.3, 0.4) is 0 Å². The number of likely N-dealkylation sites (tertiary alicyclic amines) is 1. The number of hydrogen-bond acceptors (Lipinski definition) is 4. The van der Waals surface area contributed by atoms with Crippen LogP contribution in [-0.2, 0) is 14.3 Å². The lowest BCUT2D eigenvalue weighted by molar-refractivity contribution is -0.143. The second-order valence-corrected chi connectivity index (χ2v) is 9.09. The van der Waals surface area contributed by atoms with E-state index in [2.05, 4.69) is 29.6 Å². The molecule has 2 aromatic rings. The average molecular weight is 465 g/mol. The number of alkyl carbamates (subject to hydrolysis) is 1. The highest BCUT2D eigenvalue weighted by atomic mass is 16.5. The number of piperidine rings is 1. The fraction of sp³-hybridized carbons (Fsp3) is 0.444. The molecule has 2 amide bonds. The van der Waals surface area contributed by atoms with E-state index >= 15 is 0 Å². The molecule has 1 heterocycles. The zero-order valence-corrected chi connectivity index (χ0v) is 19.5. The molecule has 180 valence electrons. The van der Waals surface area contributed by atoms with Crippen LogP contribution in [0.2, 0.25) is 0 Å². The maximum atomic E-state index is 13.3. The van der Waals surface area contributed by atoms with Gasteiger partial charge < -0.3 is 20.1 Å². The highest BCUT2D eigenvalue weighted by Gasteiger charge is 2.34. The Morgan fingerprint density at radius 2 is 1.71 bits per heavy atom. The van der Waals surface area contributed by atoms with Crippen LogP contribution in [0, 0.1) is 0 Å². The molecular formula is C27H32N2O5. The number of carbonyl (C=O) groups is 3. The number of carboxylic acid groups (broad SMARTS) is 1. The van der Waals surface area contributed by atoms with Gasteiger partial charge in [0, 0.05) is 18.5 Å². The van der Waals surface area contributed by atoms with Crippen molar-refractivity contribution in [2.24, 2.45) is 0 Å². The Morgan fingerprint density at radius 1 is 1.06 bits per heavy atom. The molecule has 1 saturated heterocycles. The van der Waals surface area contributed by atoms with Gasteiger partial charge in [-0.1, -0.05) is 61.9 Å². The monoisotopic (exact) mass is 464 g/mol. The van der Waals surface area contributed by atoms with Crippen molar-refractivity contribution in [1.82, 2.24) is 10.2 Å². The van der Waals surface area contributed by atoms with E-state index < -0.39 is 18.1 Å². The molecule has 0 spiro atoms. The molecule has 34 heavy (non-hydrogen) atoms. The summed E-state index contributed by atoms with van der Waals surface area (Å²) in [5.74, 6) is -1.19. The van der Waals surface area contributed by atoms with Gasteiger partial charge in [-0.15, -0.1) is 0 Å². The summed E-state index contributed by atoms with van der Waals surface area (Å²) in [6, 6.07) is 15.2. The molecule has 1 fully saturated rings. The van der Waals surface area contributed by atoms with E-state index in [0.717, 1.165) is 35.1 Å². The molecule has 0 bridgehead atoms. The first-order chi connectivity index (χ1) is 16.5. The van der Waals surface area contributed by atoms with Crippen molar-refractivity contribution < 1.29 is 24.2 Å². The molecule has 1 unspecified atom stereocenters. The Hall–Kier alpha value is -3.35. The molecule has 1 aliphatic heterocycles. The first-order valence-corrected chi connectivity index (χ1v) is 12.1. The lowest BCUT2D eigenvalue weighted by atomic mass is 9.97. The largest absolute Gasteiger partial charge is 0.481 e. The number of carbonyl (C=O) groups excluding carboxylic acids is 2. The number of nitrogens with one attached hydrogen (secondary N) is 1. The van der Waals surface area contributed by atoms with Crippen LogP contribution in [0.5, 0.6) is 0 Å². The number of amides is 2. The molecule has 4 rings (SSSR count). The van der Waals surface area contributed by atoms with Crippen molar-refractivity contribution in [3.63, 3.8) is 0 Å². The Morgan fingerprint density at radius 3 is 2.32 bits per heavy atom. The van der Waals surface area contributed by atoms with Crippen LogP contribution in [0.1, 0.15) is 62.5 Å². The van der Waals surface area contributed by atoms with Crippen LogP contribution < -0.4 is 5.32 Å². The summed E-state index contributed by atoms with van der Waals surface area (Å²) in [6.07, 6.45) is 2.89. The van der Waals surface area contributed by atoms with Crippen LogP contribution in [0.25, 0.3) is 11.1 Å². The van der Waals surface area contributed by atoms with Crippen LogP contribution >= 0.6 is 0 Å². The third-order valence-electron chi connectivity index (χ3n) is 6.83. The molecule has 1 aliphatic carbocycles. The normalized spacial score (nSPS) is 18.0. The Balaban J connectivity index is 1.42. The van der Waals surface area contributed by atoms with E-state index in [1.807, 2.05) is 31.2 Å². The fourth-order valence-electron chi connectivity index (χ4n) is 5.23. The summed E-state index contributed by atoms with van der Waals surface area (Å²) in [5.41, 5.74) is 4.56. The van der Waals surface area contributed by atoms with Crippen molar-refractivity contribution in [2.45, 2.75) is 63.5 Å². The molecule has 2 atom stereocenters. The molecule has 0 aromatic heterocycles. The summed E-state index contributed by atoms with van der Waals surface area (Å²) in [7, 11) is 0. The molecule has 7 nitrogen and oxygen atoms in total. The number of nitrogens with zero attached hydrogens (tertiary/aromatic N) is 1. The summed E-state index contributed by atoms with van der Waals surface area (Å²) in [5, 5.41) is 12.0. The van der Waals surface area contributed by atoms with Gasteiger partial charge >= 0.3 is 12.1 Å². The van der Waals surface area contributed by atoms with Gasteiger partial charge in [0.2, 0.25) is 5.91 Å². The molecule has 0 radical (unpaired) electrons. The number of aliphatic carboxylic acids is 1. The first kappa shape index (κ1) is 23.8. The topological polar surface area (TPSA) is 95.9 Å². The summed E-state index contributed by atoms with van der Waals surface area (Å²) < 4.78 is 5.63. The number of fused-ring (bicyclic) bond motifs is 3. The standard InChI is InChI=1S/C27H32N2O5/c1-2-9-24(26(32)29-15-8-7-10-18(29)16-25(30)31)28-27(33)34-17-23-21-13-5-3-11-19(21)20-12-4-6-14-22(20)23/h3-6,11-14,18,23-24H,2,7-10,15-17H2,1H3,(H,28,33)(H,30,31)/t18-,24?/m0/s1. The number of hydrogen-bond donors (Lipinski definition) is 2. The number of ether oxygens (including phenoxy) is 1. The minimum atomic E-state index is -0.916. The molecule has 7 heteroatoms. The van der Waals surface area contributed by atoms with Gasteiger partial charge in [0.15, 0.2) is 0 Å². The Kier molecular flexibility index (Phi) is 7.50. The minimum absolute atomic E-state index is 0.0551. The fourth-order valence-corrected chi connectivity index (χ4v) is 5.23. The van der Waals surface area contributed by atoms with E-state index in [0.29, 0.717) is 25.8 Å². The SMILES string of the molecule is CCCC(NC(=O)OCC1c2ccccc2-c2ccccc21)C(=O)N1CCCC[C@H]1CC(=O)O. The van der Waals surface area contributed by atoms with Gasteiger partial charge in [0.25, 0.3) is 0 Å². The van der Waals surface area contributed by atoms with Crippen molar-refractivity contribution in [3.05, 3.63) is 59.7 Å². The quantitative estimate of drug-likeness (QED) is 0.598. The van der Waals surface area contributed by atoms with Crippen molar-refractivity contribution >= 4 is 18.0 Å². The smallest absolute Gasteiger partial charge is 0.407 e. The van der Waals surface area contributed by atoms with Crippen molar-refractivity contribution in [1.29, 1.82) is 0 Å². The van der Waals surface area contributed by atoms with Gasteiger partial charge in [0.1, 0.15) is 12.6 Å². The molecule has 2 N–H and O–H groups in total. The van der Waals surface area contributed by atoms with Crippen LogP contribution in [-0.4, -0.2) is 53.2 Å². The van der Waals surface area contributed by atoms with Crippen molar-refractivity contribution in [3.8, 4) is 11.1 Å². The van der Waals surface area contributed by atoms with Gasteiger partial charge in [0.05, 0.1) is 6.42 Å². The zero-order chi connectivity index (χ0) is 24.1. The molecule has 0 saturated carbocycles. The Labute approximate surface area is 200 Å². The maximum Gasteiger partial charge on any atom is 0.407 e. The zero-order valence-electron chi connectivity index (χ0n) is 19.5. The van der Waals surface area contributed by atoms with Gasteiger partial charge in [-0.2, -0.15) is 0 Å². The van der Waals surface area contributed by atoms with Gasteiger partial charge in [-0.3, -0.25) is 9.59 Å². The van der Waals surface area contributed by atoms with E-state index in [4.69, 9.17) is 4.74 Å². The van der Waals surface area contributed by atoms with E-state index in [-0.39, 0.29) is 30.9 Å². The highest BCUT2D eigenvalue weighted by Crippen LogP contribution is 2.44. The molecular weight excluding hydrogens is 432 g/mol. The first-order valence-electron chi connectivity index (χ1n) is 12.1. The molecule has 2 aliphatic rings. The summed E-state index contributed by atoms with van der Waals surface area (Å²) in [6.45, 7) is 2.65. The number of rotatable bonds is 8. The summed E-state index contributed by atoms with van der Waals surface area (Å²) in [4.78, 5) is 38.9. The lowest BCUT2D eigenvalue weighted by Crippen LogP contribution is -2.54. The summed E-state index contributed by atoms with van der Waals surface area (Å²) >= 11 is 0. The third kappa shape index (κ3) is 5.08. The van der Waals surface area contributed by atoms with Crippen LogP contribution in [0.15, 0.2) is 48.5 Å². The minimum Gasteiger partial charge on any atom is -0.481 e. The average Bonchev–Trinajstić information content (AvgIpc) is 3.16. The highest BCUT2D eigenvalue weighted by molar-refractivity contribution is 5.86. The maximum absolute atomic E-state index is 13.3. The number of benzene rings is 2.